The number of nitrogens with zero attached hydrogens (tertiary/aromatic N) is 2. The van der Waals surface area contributed by atoms with Gasteiger partial charge < -0.3 is 14.7 Å². The standard InChI is InChI=1S/C17H23FN2O4.ClH/c1-19(8-2-10-24-15-5-3-14(18)4-6-15)16(21)12-20-9-7-13(11-20)17(22)23;/h3-6,13H,2,7-12H2,1H3,(H,22,23);1H. The average molecular weight is 375 g/mol. The zero-order valence-electron chi connectivity index (χ0n) is 14.2. The molecule has 1 heterocycles. The summed E-state index contributed by atoms with van der Waals surface area (Å²) in [5, 5.41) is 8.97. The zero-order valence-corrected chi connectivity index (χ0v) is 15.0. The van der Waals surface area contributed by atoms with Gasteiger partial charge in [-0.05, 0) is 43.7 Å². The molecule has 25 heavy (non-hydrogen) atoms. The van der Waals surface area contributed by atoms with Gasteiger partial charge in [0.05, 0.1) is 19.1 Å². The predicted molar refractivity (Wildman–Crippen MR) is 93.6 cm³/mol. The van der Waals surface area contributed by atoms with Gasteiger partial charge in [0.25, 0.3) is 0 Å². The maximum Gasteiger partial charge on any atom is 0.307 e. The molecule has 1 amide bonds. The molecule has 1 fully saturated rings. The summed E-state index contributed by atoms with van der Waals surface area (Å²) >= 11 is 0. The highest BCUT2D eigenvalue weighted by molar-refractivity contribution is 5.85. The Morgan fingerprint density at radius 1 is 1.36 bits per heavy atom. The lowest BCUT2D eigenvalue weighted by Crippen LogP contribution is -2.38. The van der Waals surface area contributed by atoms with Crippen LogP contribution in [0.5, 0.6) is 5.75 Å². The number of likely N-dealkylation sites (N-methyl/N-ethyl adjacent to an activating group) is 1. The van der Waals surface area contributed by atoms with E-state index in [4.69, 9.17) is 9.84 Å². The van der Waals surface area contributed by atoms with Crippen LogP contribution in [-0.2, 0) is 9.59 Å². The molecule has 0 aliphatic carbocycles. The third kappa shape index (κ3) is 6.88. The van der Waals surface area contributed by atoms with E-state index in [-0.39, 0.29) is 36.6 Å². The number of benzene rings is 1. The van der Waals surface area contributed by atoms with Crippen LogP contribution in [0.15, 0.2) is 24.3 Å². The van der Waals surface area contributed by atoms with Crippen LogP contribution in [0.25, 0.3) is 0 Å². The minimum atomic E-state index is -0.795. The lowest BCUT2D eigenvalue weighted by Gasteiger charge is -2.21. The number of rotatable bonds is 8. The van der Waals surface area contributed by atoms with Crippen molar-refractivity contribution >= 4 is 24.3 Å². The summed E-state index contributed by atoms with van der Waals surface area (Å²) in [6.45, 7) is 2.32. The van der Waals surface area contributed by atoms with E-state index >= 15 is 0 Å². The molecule has 8 heteroatoms. The second-order valence-electron chi connectivity index (χ2n) is 6.03. The normalized spacial score (nSPS) is 17.0. The van der Waals surface area contributed by atoms with Crippen molar-refractivity contribution in [3.05, 3.63) is 30.1 Å². The predicted octanol–water partition coefficient (Wildman–Crippen LogP) is 1.88. The minimum absolute atomic E-state index is 0. The van der Waals surface area contributed by atoms with Crippen LogP contribution in [0.4, 0.5) is 4.39 Å². The molecule has 1 aliphatic rings. The molecule has 140 valence electrons. The van der Waals surface area contributed by atoms with Gasteiger partial charge in [0.2, 0.25) is 5.91 Å². The number of carboxylic acids is 1. The maximum atomic E-state index is 12.8. The largest absolute Gasteiger partial charge is 0.494 e. The van der Waals surface area contributed by atoms with Crippen LogP contribution in [0.3, 0.4) is 0 Å². The number of ether oxygens (including phenoxy) is 1. The van der Waals surface area contributed by atoms with Gasteiger partial charge in [-0.15, -0.1) is 12.4 Å². The average Bonchev–Trinajstić information content (AvgIpc) is 3.01. The van der Waals surface area contributed by atoms with Gasteiger partial charge in [-0.25, -0.2) is 4.39 Å². The quantitative estimate of drug-likeness (QED) is 0.703. The molecule has 6 nitrogen and oxygen atoms in total. The first kappa shape index (κ1) is 21.2. The molecular formula is C17H24ClFN2O4. The first-order valence-electron chi connectivity index (χ1n) is 8.03. The Labute approximate surface area is 153 Å². The van der Waals surface area contributed by atoms with E-state index in [9.17, 15) is 14.0 Å². The molecule has 1 unspecified atom stereocenters. The van der Waals surface area contributed by atoms with Gasteiger partial charge in [-0.1, -0.05) is 0 Å². The fourth-order valence-corrected chi connectivity index (χ4v) is 2.64. The van der Waals surface area contributed by atoms with Crippen molar-refractivity contribution in [3.8, 4) is 5.75 Å². The van der Waals surface area contributed by atoms with Crippen molar-refractivity contribution in [1.29, 1.82) is 0 Å². The molecule has 0 radical (unpaired) electrons. The molecule has 1 atom stereocenters. The molecule has 1 N–H and O–H groups in total. The third-order valence-electron chi connectivity index (χ3n) is 4.13. The highest BCUT2D eigenvalue weighted by atomic mass is 35.5. The van der Waals surface area contributed by atoms with Crippen LogP contribution in [-0.4, -0.2) is 66.6 Å². The van der Waals surface area contributed by atoms with Gasteiger partial charge >= 0.3 is 5.97 Å². The number of carboxylic acid groups (broad SMARTS) is 1. The number of carbonyl (C=O) groups is 2. The van der Waals surface area contributed by atoms with E-state index in [1.807, 2.05) is 4.90 Å². The third-order valence-corrected chi connectivity index (χ3v) is 4.13. The van der Waals surface area contributed by atoms with Gasteiger partial charge in [-0.3, -0.25) is 14.5 Å². The van der Waals surface area contributed by atoms with Crippen LogP contribution in [0, 0.1) is 11.7 Å². The number of hydrogen-bond acceptors (Lipinski definition) is 4. The first-order chi connectivity index (χ1) is 11.5. The minimum Gasteiger partial charge on any atom is -0.494 e. The summed E-state index contributed by atoms with van der Waals surface area (Å²) in [6, 6.07) is 5.81. The highest BCUT2D eigenvalue weighted by Gasteiger charge is 2.29. The molecule has 1 aromatic carbocycles. The Bertz CT molecular complexity index is 570. The maximum absolute atomic E-state index is 12.8. The fraction of sp³-hybridized carbons (Fsp3) is 0.529. The van der Waals surface area contributed by atoms with Crippen LogP contribution in [0.1, 0.15) is 12.8 Å². The molecule has 2 rings (SSSR count). The molecule has 1 aliphatic heterocycles. The van der Waals surface area contributed by atoms with Gasteiger partial charge in [0, 0.05) is 20.1 Å². The summed E-state index contributed by atoms with van der Waals surface area (Å²) in [6.07, 6.45) is 1.26. The van der Waals surface area contributed by atoms with Crippen molar-refractivity contribution in [2.24, 2.45) is 5.92 Å². The van der Waals surface area contributed by atoms with E-state index in [0.29, 0.717) is 44.8 Å². The lowest BCUT2D eigenvalue weighted by atomic mass is 10.1. The number of carbonyl (C=O) groups excluding carboxylic acids is 1. The summed E-state index contributed by atoms with van der Waals surface area (Å²) in [5.41, 5.74) is 0. The Kier molecular flexibility index (Phi) is 8.65. The number of hydrogen-bond donors (Lipinski definition) is 1. The second kappa shape index (κ2) is 10.2. The monoisotopic (exact) mass is 374 g/mol. The molecule has 0 bridgehead atoms. The molecule has 0 aromatic heterocycles. The summed E-state index contributed by atoms with van der Waals surface area (Å²) in [5.74, 6) is -0.895. The molecular weight excluding hydrogens is 351 g/mol. The van der Waals surface area contributed by atoms with Gasteiger partial charge in [0.15, 0.2) is 0 Å². The first-order valence-corrected chi connectivity index (χ1v) is 8.03. The van der Waals surface area contributed by atoms with Crippen molar-refractivity contribution in [2.75, 3.05) is 39.8 Å². The smallest absolute Gasteiger partial charge is 0.307 e. The van der Waals surface area contributed by atoms with E-state index in [1.54, 1.807) is 24.1 Å². The summed E-state index contributed by atoms with van der Waals surface area (Å²) in [4.78, 5) is 26.6. The van der Waals surface area contributed by atoms with Crippen LogP contribution < -0.4 is 4.74 Å². The Morgan fingerprint density at radius 2 is 2.04 bits per heavy atom. The molecule has 0 saturated carbocycles. The van der Waals surface area contributed by atoms with Crippen molar-refractivity contribution in [1.82, 2.24) is 9.80 Å². The van der Waals surface area contributed by atoms with Crippen molar-refractivity contribution in [3.63, 3.8) is 0 Å². The lowest BCUT2D eigenvalue weighted by molar-refractivity contribution is -0.141. The van der Waals surface area contributed by atoms with Gasteiger partial charge in [0.1, 0.15) is 11.6 Å². The summed E-state index contributed by atoms with van der Waals surface area (Å²) in [7, 11) is 1.73. The molecule has 1 saturated heterocycles. The number of aliphatic carboxylic acids is 1. The summed E-state index contributed by atoms with van der Waals surface area (Å²) < 4.78 is 18.3. The van der Waals surface area contributed by atoms with E-state index < -0.39 is 5.97 Å². The van der Waals surface area contributed by atoms with Crippen molar-refractivity contribution in [2.45, 2.75) is 12.8 Å². The Hall–Kier alpha value is -1.86. The Balaban J connectivity index is 0.00000312. The zero-order chi connectivity index (χ0) is 17.5. The molecule has 1 aromatic rings. The Morgan fingerprint density at radius 3 is 2.64 bits per heavy atom. The number of amides is 1. The fourth-order valence-electron chi connectivity index (χ4n) is 2.64. The second-order valence-corrected chi connectivity index (χ2v) is 6.03. The SMILES string of the molecule is CN(CCCOc1ccc(F)cc1)C(=O)CN1CCC(C(=O)O)C1.Cl. The van der Waals surface area contributed by atoms with E-state index in [1.165, 1.54) is 12.1 Å². The van der Waals surface area contributed by atoms with Gasteiger partial charge in [-0.2, -0.15) is 0 Å². The van der Waals surface area contributed by atoms with E-state index in [2.05, 4.69) is 0 Å². The molecule has 0 spiro atoms. The van der Waals surface area contributed by atoms with Crippen LogP contribution in [0.2, 0.25) is 0 Å². The number of halogens is 2. The highest BCUT2D eigenvalue weighted by Crippen LogP contribution is 2.16. The van der Waals surface area contributed by atoms with Crippen LogP contribution >= 0.6 is 12.4 Å². The topological polar surface area (TPSA) is 70.1 Å². The van der Waals surface area contributed by atoms with E-state index in [0.717, 1.165) is 0 Å². The number of likely N-dealkylation sites (tertiary alicyclic amines) is 1. The van der Waals surface area contributed by atoms with Crippen molar-refractivity contribution < 1.29 is 23.8 Å².